The lowest BCUT2D eigenvalue weighted by atomic mass is 9.92. The van der Waals surface area contributed by atoms with Crippen LogP contribution in [-0.2, 0) is 6.54 Å². The van der Waals surface area contributed by atoms with E-state index in [0.717, 1.165) is 49.1 Å². The molecule has 1 aliphatic rings. The molecule has 1 fully saturated rings. The van der Waals surface area contributed by atoms with Crippen LogP contribution in [0.2, 0.25) is 0 Å². The molecule has 0 aliphatic heterocycles. The van der Waals surface area contributed by atoms with Crippen LogP contribution in [0.15, 0.2) is 60.9 Å². The Balaban J connectivity index is 1.25. The minimum atomic E-state index is 0.309. The van der Waals surface area contributed by atoms with Gasteiger partial charge in [-0.25, -0.2) is 0 Å². The molecule has 0 amide bonds. The number of ether oxygens (including phenoxy) is 2. The maximum atomic E-state index is 6.24. The number of hydrogen-bond donors (Lipinski definition) is 1. The molecule has 0 bridgehead atoms. The molecule has 4 nitrogen and oxygen atoms in total. The van der Waals surface area contributed by atoms with Crippen LogP contribution >= 0.6 is 0 Å². The second-order valence-electron chi connectivity index (χ2n) is 7.21. The molecule has 4 heteroatoms. The van der Waals surface area contributed by atoms with E-state index in [1.807, 2.05) is 30.6 Å². The van der Waals surface area contributed by atoms with Gasteiger partial charge >= 0.3 is 0 Å². The van der Waals surface area contributed by atoms with Crippen LogP contribution in [0.4, 0.5) is 0 Å². The predicted octanol–water partition coefficient (Wildman–Crippen LogP) is 4.72. The largest absolute Gasteiger partial charge is 0.497 e. The Labute approximate surface area is 160 Å². The van der Waals surface area contributed by atoms with E-state index in [1.165, 1.54) is 10.9 Å². The first kappa shape index (κ1) is 17.8. The number of aromatic nitrogens is 1. The van der Waals surface area contributed by atoms with E-state index in [4.69, 9.17) is 9.47 Å². The summed E-state index contributed by atoms with van der Waals surface area (Å²) in [5, 5.41) is 6.01. The van der Waals surface area contributed by atoms with Gasteiger partial charge in [-0.15, -0.1) is 0 Å². The van der Waals surface area contributed by atoms with E-state index >= 15 is 0 Å². The number of benzene rings is 2. The first-order valence-corrected chi connectivity index (χ1v) is 9.67. The smallest absolute Gasteiger partial charge is 0.120 e. The van der Waals surface area contributed by atoms with Crippen LogP contribution in [0, 0.1) is 0 Å². The van der Waals surface area contributed by atoms with Gasteiger partial charge in [0.2, 0.25) is 0 Å². The molecular formula is C23H26N2O2. The van der Waals surface area contributed by atoms with Gasteiger partial charge in [-0.2, -0.15) is 0 Å². The molecular weight excluding hydrogens is 336 g/mol. The lowest BCUT2D eigenvalue weighted by Gasteiger charge is -2.29. The van der Waals surface area contributed by atoms with Crippen LogP contribution in [0.5, 0.6) is 11.5 Å². The van der Waals surface area contributed by atoms with Crippen molar-refractivity contribution in [1.29, 1.82) is 0 Å². The first-order chi connectivity index (χ1) is 13.3. The highest BCUT2D eigenvalue weighted by Gasteiger charge is 2.22. The standard InChI is InChI=1S/C23H26N2O2/c1-26-21-7-2-17(3-8-21)15-25-20-5-10-22(11-6-20)27-23-9-4-19-16-24-13-12-18(19)14-23/h2-4,7-9,12-14,16,20,22,25H,5-6,10-11,15H2,1H3. The molecule has 27 heavy (non-hydrogen) atoms. The van der Waals surface area contributed by atoms with Crippen molar-refractivity contribution in [3.05, 3.63) is 66.5 Å². The van der Waals surface area contributed by atoms with Gasteiger partial charge in [-0.05, 0) is 73.0 Å². The summed E-state index contributed by atoms with van der Waals surface area (Å²) in [6, 6.07) is 17.1. The zero-order valence-corrected chi connectivity index (χ0v) is 15.7. The second-order valence-corrected chi connectivity index (χ2v) is 7.21. The molecule has 0 atom stereocenters. The topological polar surface area (TPSA) is 43.4 Å². The molecule has 4 rings (SSSR count). The van der Waals surface area contributed by atoms with Crippen molar-refractivity contribution < 1.29 is 9.47 Å². The first-order valence-electron chi connectivity index (χ1n) is 9.67. The number of hydrogen-bond acceptors (Lipinski definition) is 4. The molecule has 1 N–H and O–H groups in total. The van der Waals surface area contributed by atoms with Crippen molar-refractivity contribution >= 4 is 10.8 Å². The average Bonchev–Trinajstić information content (AvgIpc) is 2.73. The zero-order valence-electron chi connectivity index (χ0n) is 15.7. The third-order valence-corrected chi connectivity index (χ3v) is 5.34. The van der Waals surface area contributed by atoms with Crippen molar-refractivity contribution in [2.45, 2.75) is 44.4 Å². The summed E-state index contributed by atoms with van der Waals surface area (Å²) in [4.78, 5) is 4.16. The van der Waals surface area contributed by atoms with E-state index in [0.29, 0.717) is 12.1 Å². The molecule has 140 valence electrons. The third kappa shape index (κ3) is 4.58. The molecule has 0 radical (unpaired) electrons. The fourth-order valence-corrected chi connectivity index (χ4v) is 3.72. The lowest BCUT2D eigenvalue weighted by molar-refractivity contribution is 0.139. The predicted molar refractivity (Wildman–Crippen MR) is 108 cm³/mol. The summed E-state index contributed by atoms with van der Waals surface area (Å²) in [5.74, 6) is 1.87. The summed E-state index contributed by atoms with van der Waals surface area (Å²) >= 11 is 0. The van der Waals surface area contributed by atoms with Gasteiger partial charge in [0.15, 0.2) is 0 Å². The summed E-state index contributed by atoms with van der Waals surface area (Å²) < 4.78 is 11.4. The highest BCUT2D eigenvalue weighted by atomic mass is 16.5. The van der Waals surface area contributed by atoms with Gasteiger partial charge < -0.3 is 14.8 Å². The normalized spacial score (nSPS) is 19.7. The molecule has 0 spiro atoms. The quantitative estimate of drug-likeness (QED) is 0.689. The van der Waals surface area contributed by atoms with Crippen LogP contribution in [-0.4, -0.2) is 24.2 Å². The molecule has 1 aromatic heterocycles. The summed E-state index contributed by atoms with van der Waals surface area (Å²) in [7, 11) is 1.70. The maximum Gasteiger partial charge on any atom is 0.120 e. The van der Waals surface area contributed by atoms with Gasteiger partial charge in [0.05, 0.1) is 13.2 Å². The Morgan fingerprint density at radius 2 is 1.70 bits per heavy atom. The minimum Gasteiger partial charge on any atom is -0.497 e. The monoisotopic (exact) mass is 362 g/mol. The lowest BCUT2D eigenvalue weighted by Crippen LogP contribution is -2.35. The second kappa shape index (κ2) is 8.40. The molecule has 1 aliphatic carbocycles. The van der Waals surface area contributed by atoms with Crippen molar-refractivity contribution in [2.75, 3.05) is 7.11 Å². The summed E-state index contributed by atoms with van der Waals surface area (Å²) in [6.45, 7) is 0.902. The van der Waals surface area contributed by atoms with Crippen molar-refractivity contribution in [3.63, 3.8) is 0 Å². The number of rotatable bonds is 6. The number of pyridine rings is 1. The van der Waals surface area contributed by atoms with Gasteiger partial charge in [-0.3, -0.25) is 4.98 Å². The number of methoxy groups -OCH3 is 1. The van der Waals surface area contributed by atoms with E-state index in [-0.39, 0.29) is 0 Å². The summed E-state index contributed by atoms with van der Waals surface area (Å²) in [6.07, 6.45) is 8.51. The van der Waals surface area contributed by atoms with E-state index < -0.39 is 0 Å². The van der Waals surface area contributed by atoms with Gasteiger partial charge in [0.1, 0.15) is 11.5 Å². The molecule has 1 saturated carbocycles. The fourth-order valence-electron chi connectivity index (χ4n) is 3.72. The molecule has 0 unspecified atom stereocenters. The van der Waals surface area contributed by atoms with Crippen LogP contribution in [0.25, 0.3) is 10.8 Å². The fraction of sp³-hybridized carbons (Fsp3) is 0.348. The van der Waals surface area contributed by atoms with Crippen molar-refractivity contribution in [3.8, 4) is 11.5 Å². The third-order valence-electron chi connectivity index (χ3n) is 5.34. The van der Waals surface area contributed by atoms with Crippen molar-refractivity contribution in [2.24, 2.45) is 0 Å². The molecule has 2 aromatic carbocycles. The average molecular weight is 362 g/mol. The van der Waals surface area contributed by atoms with E-state index in [2.05, 4.69) is 40.6 Å². The van der Waals surface area contributed by atoms with Crippen LogP contribution < -0.4 is 14.8 Å². The molecule has 0 saturated heterocycles. The van der Waals surface area contributed by atoms with E-state index in [9.17, 15) is 0 Å². The molecule has 3 aromatic rings. The minimum absolute atomic E-state index is 0.309. The maximum absolute atomic E-state index is 6.24. The number of nitrogens with one attached hydrogen (secondary N) is 1. The Hall–Kier alpha value is -2.59. The Kier molecular flexibility index (Phi) is 5.54. The highest BCUT2D eigenvalue weighted by molar-refractivity contribution is 5.82. The SMILES string of the molecule is COc1ccc(CNC2CCC(Oc3ccc4cnccc4c3)CC2)cc1. The highest BCUT2D eigenvalue weighted by Crippen LogP contribution is 2.26. The Morgan fingerprint density at radius 1 is 0.926 bits per heavy atom. The van der Waals surface area contributed by atoms with Crippen LogP contribution in [0.3, 0.4) is 0 Å². The summed E-state index contributed by atoms with van der Waals surface area (Å²) in [5.41, 5.74) is 1.29. The zero-order chi connectivity index (χ0) is 18.5. The van der Waals surface area contributed by atoms with E-state index in [1.54, 1.807) is 7.11 Å². The van der Waals surface area contributed by atoms with Crippen molar-refractivity contribution in [1.82, 2.24) is 10.3 Å². The Bertz CT molecular complexity index is 871. The number of nitrogens with zero attached hydrogens (tertiary/aromatic N) is 1. The van der Waals surface area contributed by atoms with Gasteiger partial charge in [0, 0.05) is 30.4 Å². The van der Waals surface area contributed by atoms with Gasteiger partial charge in [0.25, 0.3) is 0 Å². The number of fused-ring (bicyclic) bond motifs is 1. The van der Waals surface area contributed by atoms with Gasteiger partial charge in [-0.1, -0.05) is 12.1 Å². The molecule has 1 heterocycles. The Morgan fingerprint density at radius 3 is 2.48 bits per heavy atom. The van der Waals surface area contributed by atoms with Crippen LogP contribution in [0.1, 0.15) is 31.2 Å².